The number of ether oxygens (including phenoxy) is 1. The average molecular weight is 443 g/mol. The lowest BCUT2D eigenvalue weighted by Gasteiger charge is -2.07. The Morgan fingerprint density at radius 3 is 2.71 bits per heavy atom. The molecular weight excluding hydrogens is 424 g/mol. The minimum atomic E-state index is 0.783. The number of thiazole rings is 1. The van der Waals surface area contributed by atoms with E-state index in [1.165, 1.54) is 0 Å². The fraction of sp³-hybridized carbons (Fsp3) is 0.0417. The maximum atomic E-state index is 5.35. The molecule has 0 amide bonds. The first kappa shape index (κ1) is 19.4. The number of benzene rings is 2. The highest BCUT2D eigenvalue weighted by atomic mass is 32.1. The van der Waals surface area contributed by atoms with Crippen molar-refractivity contribution in [2.45, 2.75) is 0 Å². The molecule has 3 heterocycles. The number of thiophene rings is 1. The van der Waals surface area contributed by atoms with Gasteiger partial charge in [0.1, 0.15) is 5.75 Å². The molecule has 0 saturated carbocycles. The van der Waals surface area contributed by atoms with Crippen LogP contribution in [-0.4, -0.2) is 23.0 Å². The van der Waals surface area contributed by atoms with Crippen LogP contribution >= 0.6 is 22.7 Å². The van der Waals surface area contributed by atoms with Gasteiger partial charge >= 0.3 is 0 Å². The molecule has 7 heteroatoms. The first-order valence-electron chi connectivity index (χ1n) is 9.61. The lowest BCUT2D eigenvalue weighted by Crippen LogP contribution is -2.11. The average Bonchev–Trinajstić information content (AvgIpc) is 3.47. The zero-order valence-corrected chi connectivity index (χ0v) is 18.3. The smallest absolute Gasteiger partial charge is 0.211 e. The molecule has 2 aromatic carbocycles. The van der Waals surface area contributed by atoms with Gasteiger partial charge in [-0.3, -0.25) is 4.98 Å². The van der Waals surface area contributed by atoms with E-state index in [2.05, 4.69) is 34.6 Å². The van der Waals surface area contributed by atoms with Crippen molar-refractivity contribution in [2.24, 2.45) is 10.1 Å². The van der Waals surface area contributed by atoms with Crippen LogP contribution in [0.1, 0.15) is 4.88 Å². The third-order valence-corrected chi connectivity index (χ3v) is 6.37. The second kappa shape index (κ2) is 8.67. The first-order chi connectivity index (χ1) is 15.3. The fourth-order valence-corrected chi connectivity index (χ4v) is 4.64. The Morgan fingerprint density at radius 2 is 1.90 bits per heavy atom. The molecule has 0 bridgehead atoms. The fourth-order valence-electron chi connectivity index (χ4n) is 3.21. The summed E-state index contributed by atoms with van der Waals surface area (Å²) in [5, 5.41) is 11.2. The summed E-state index contributed by atoms with van der Waals surface area (Å²) in [5.41, 5.74) is 2.85. The minimum Gasteiger partial charge on any atom is -0.497 e. The largest absolute Gasteiger partial charge is 0.497 e. The number of pyridine rings is 1. The van der Waals surface area contributed by atoms with Crippen molar-refractivity contribution >= 4 is 45.3 Å². The van der Waals surface area contributed by atoms with Crippen LogP contribution in [0.4, 0.5) is 5.69 Å². The van der Waals surface area contributed by atoms with E-state index in [9.17, 15) is 0 Å². The van der Waals surface area contributed by atoms with Gasteiger partial charge in [0.2, 0.25) is 4.80 Å². The Hall–Kier alpha value is -3.55. The predicted octanol–water partition coefficient (Wildman–Crippen LogP) is 5.95. The maximum absolute atomic E-state index is 5.35. The number of fused-ring (bicyclic) bond motifs is 1. The number of rotatable bonds is 5. The van der Waals surface area contributed by atoms with Crippen LogP contribution in [0.5, 0.6) is 5.75 Å². The molecule has 5 nitrogen and oxygen atoms in total. The summed E-state index contributed by atoms with van der Waals surface area (Å²) in [5.74, 6) is 0.851. The maximum Gasteiger partial charge on any atom is 0.211 e. The third kappa shape index (κ3) is 4.19. The number of hydrogen-bond donors (Lipinski definition) is 0. The van der Waals surface area contributed by atoms with Crippen molar-refractivity contribution in [1.29, 1.82) is 0 Å². The van der Waals surface area contributed by atoms with Gasteiger partial charge in [-0.05, 0) is 52.6 Å². The zero-order chi connectivity index (χ0) is 21.0. The summed E-state index contributed by atoms with van der Waals surface area (Å²) in [6.45, 7) is 0. The summed E-state index contributed by atoms with van der Waals surface area (Å²) < 4.78 is 7.24. The van der Waals surface area contributed by atoms with Crippen LogP contribution in [-0.2, 0) is 0 Å². The third-order valence-electron chi connectivity index (χ3n) is 4.74. The predicted molar refractivity (Wildman–Crippen MR) is 129 cm³/mol. The van der Waals surface area contributed by atoms with Gasteiger partial charge < -0.3 is 4.74 Å². The lowest BCUT2D eigenvalue weighted by molar-refractivity contribution is 0.415. The van der Waals surface area contributed by atoms with E-state index in [1.807, 2.05) is 52.7 Å². The van der Waals surface area contributed by atoms with E-state index in [1.54, 1.807) is 42.2 Å². The van der Waals surface area contributed by atoms with Gasteiger partial charge in [0.05, 0.1) is 30.9 Å². The molecule has 0 atom stereocenters. The molecule has 0 fully saturated rings. The van der Waals surface area contributed by atoms with Gasteiger partial charge in [0, 0.05) is 22.0 Å². The Bertz CT molecular complexity index is 1420. The Balaban J connectivity index is 1.64. The van der Waals surface area contributed by atoms with Crippen LogP contribution in [0.25, 0.3) is 22.0 Å². The molecule has 31 heavy (non-hydrogen) atoms. The standard InChI is InChI=1S/C24H18N4OS2/c1-29-21-9-8-17-12-19(7-6-18(17)13-21)23-16-31-24(27-20-4-2-10-25-14-20)28(23)26-15-22-5-3-11-30-22/h2-16H,1H3. The summed E-state index contributed by atoms with van der Waals surface area (Å²) in [6.07, 6.45) is 5.36. The van der Waals surface area contributed by atoms with Gasteiger partial charge in [-0.1, -0.05) is 24.3 Å². The van der Waals surface area contributed by atoms with Crippen LogP contribution in [0.3, 0.4) is 0 Å². The van der Waals surface area contributed by atoms with E-state index in [4.69, 9.17) is 14.8 Å². The Kier molecular flexibility index (Phi) is 5.43. The van der Waals surface area contributed by atoms with E-state index >= 15 is 0 Å². The van der Waals surface area contributed by atoms with Crippen molar-refractivity contribution < 1.29 is 4.74 Å². The van der Waals surface area contributed by atoms with Gasteiger partial charge in [-0.25, -0.2) is 9.67 Å². The highest BCUT2D eigenvalue weighted by Crippen LogP contribution is 2.27. The molecule has 0 aliphatic carbocycles. The monoisotopic (exact) mass is 442 g/mol. The van der Waals surface area contributed by atoms with Crippen LogP contribution in [0, 0.1) is 0 Å². The molecule has 5 rings (SSSR count). The summed E-state index contributed by atoms with van der Waals surface area (Å²) in [6, 6.07) is 20.3. The van der Waals surface area contributed by atoms with Crippen molar-refractivity contribution in [2.75, 3.05) is 7.11 Å². The number of hydrogen-bond acceptors (Lipinski definition) is 6. The molecule has 5 aromatic rings. The molecule has 0 unspecified atom stereocenters. The SMILES string of the molecule is COc1ccc2cc(-c3csc(=Nc4cccnc4)n3N=Cc3cccs3)ccc2c1. The minimum absolute atomic E-state index is 0.783. The molecule has 152 valence electrons. The van der Waals surface area contributed by atoms with E-state index in [0.717, 1.165) is 43.1 Å². The molecule has 0 saturated heterocycles. The molecule has 0 N–H and O–H groups in total. The zero-order valence-electron chi connectivity index (χ0n) is 16.7. The number of methoxy groups -OCH3 is 1. The first-order valence-corrected chi connectivity index (χ1v) is 11.4. The van der Waals surface area contributed by atoms with Crippen molar-refractivity contribution in [3.63, 3.8) is 0 Å². The summed E-state index contributed by atoms with van der Waals surface area (Å²) in [7, 11) is 1.68. The van der Waals surface area contributed by atoms with Crippen molar-refractivity contribution in [3.05, 3.63) is 93.5 Å². The van der Waals surface area contributed by atoms with Gasteiger partial charge in [0.15, 0.2) is 0 Å². The second-order valence-corrected chi connectivity index (χ2v) is 8.54. The lowest BCUT2D eigenvalue weighted by atomic mass is 10.1. The van der Waals surface area contributed by atoms with Gasteiger partial charge in [-0.15, -0.1) is 22.7 Å². The highest BCUT2D eigenvalue weighted by molar-refractivity contribution is 7.11. The van der Waals surface area contributed by atoms with Crippen molar-refractivity contribution in [3.8, 4) is 17.0 Å². The quantitative estimate of drug-likeness (QED) is 0.316. The van der Waals surface area contributed by atoms with Gasteiger partial charge in [0.25, 0.3) is 0 Å². The summed E-state index contributed by atoms with van der Waals surface area (Å²) in [4.78, 5) is 10.8. The number of aromatic nitrogens is 2. The molecular formula is C24H18N4OS2. The molecule has 0 radical (unpaired) electrons. The highest BCUT2D eigenvalue weighted by Gasteiger charge is 2.09. The molecule has 0 spiro atoms. The topological polar surface area (TPSA) is 51.8 Å². The van der Waals surface area contributed by atoms with Crippen molar-refractivity contribution in [1.82, 2.24) is 9.66 Å². The van der Waals surface area contributed by atoms with E-state index in [0.29, 0.717) is 0 Å². The van der Waals surface area contributed by atoms with Crippen LogP contribution < -0.4 is 9.54 Å². The number of nitrogens with zero attached hydrogens (tertiary/aromatic N) is 4. The molecule has 0 aliphatic rings. The normalized spacial score (nSPS) is 12.1. The van der Waals surface area contributed by atoms with Crippen LogP contribution in [0.15, 0.2) is 93.9 Å². The summed E-state index contributed by atoms with van der Waals surface area (Å²) >= 11 is 3.20. The van der Waals surface area contributed by atoms with Gasteiger partial charge in [-0.2, -0.15) is 5.10 Å². The van der Waals surface area contributed by atoms with E-state index in [-0.39, 0.29) is 0 Å². The van der Waals surface area contributed by atoms with Crippen LogP contribution in [0.2, 0.25) is 0 Å². The van der Waals surface area contributed by atoms with E-state index < -0.39 is 0 Å². The molecule has 0 aliphatic heterocycles. The Labute approximate surface area is 187 Å². The Morgan fingerprint density at radius 1 is 1.00 bits per heavy atom. The molecule has 3 aromatic heterocycles. The second-order valence-electron chi connectivity index (χ2n) is 6.73.